The molecule has 0 aliphatic heterocycles. The Labute approximate surface area is 180 Å². The standard InChI is InChI=1S/C17H16Cl2N8OS/c1-10(11-4-6-21-7-5-11)23-24-16-25-26-17(27(16)20)29-9-15(28)22-14-8-12(18)2-3-13(14)19/h2-8H,9,20H2,1H3,(H,22,28)(H,24,25)/b23-10+. The SMILES string of the molecule is C/C(=N\Nc1nnc(SCC(=O)Nc2cc(Cl)ccc2Cl)n1N)c1ccncc1. The van der Waals surface area contributed by atoms with E-state index in [4.69, 9.17) is 29.0 Å². The number of thioether (sulfide) groups is 1. The zero-order chi connectivity index (χ0) is 20.8. The number of anilines is 2. The minimum atomic E-state index is -0.289. The van der Waals surface area contributed by atoms with Gasteiger partial charge in [0.2, 0.25) is 11.1 Å². The smallest absolute Gasteiger partial charge is 0.264 e. The number of hydrazone groups is 1. The number of carbonyl (C=O) groups is 1. The van der Waals surface area contributed by atoms with Gasteiger partial charge in [-0.25, -0.2) is 10.1 Å². The number of amides is 1. The van der Waals surface area contributed by atoms with Gasteiger partial charge in [0.1, 0.15) is 0 Å². The summed E-state index contributed by atoms with van der Waals surface area (Å²) in [5.41, 5.74) is 4.82. The molecule has 1 aromatic carbocycles. The van der Waals surface area contributed by atoms with Gasteiger partial charge >= 0.3 is 0 Å². The molecule has 0 unspecified atom stereocenters. The predicted molar refractivity (Wildman–Crippen MR) is 116 cm³/mol. The Morgan fingerprint density at radius 1 is 1.24 bits per heavy atom. The fraction of sp³-hybridized carbons (Fsp3) is 0.118. The summed E-state index contributed by atoms with van der Waals surface area (Å²) in [4.78, 5) is 16.1. The normalized spacial score (nSPS) is 11.3. The lowest BCUT2D eigenvalue weighted by Crippen LogP contribution is -2.17. The molecular weight excluding hydrogens is 435 g/mol. The van der Waals surface area contributed by atoms with Crippen molar-refractivity contribution < 1.29 is 4.79 Å². The minimum absolute atomic E-state index is 0.0531. The molecule has 0 fully saturated rings. The Hall–Kier alpha value is -2.82. The average molecular weight is 451 g/mol. The molecule has 3 aromatic rings. The van der Waals surface area contributed by atoms with E-state index >= 15 is 0 Å². The lowest BCUT2D eigenvalue weighted by Gasteiger charge is -2.07. The van der Waals surface area contributed by atoms with Gasteiger partial charge in [-0.05, 0) is 37.3 Å². The number of rotatable bonds is 7. The van der Waals surface area contributed by atoms with E-state index in [1.807, 2.05) is 19.1 Å². The summed E-state index contributed by atoms with van der Waals surface area (Å²) in [5.74, 6) is 5.97. The van der Waals surface area contributed by atoms with Crippen LogP contribution in [0.2, 0.25) is 10.0 Å². The summed E-state index contributed by atoms with van der Waals surface area (Å²) in [7, 11) is 0. The van der Waals surface area contributed by atoms with Crippen molar-refractivity contribution >= 4 is 58.2 Å². The predicted octanol–water partition coefficient (Wildman–Crippen LogP) is 3.26. The quantitative estimate of drug-likeness (QED) is 0.218. The van der Waals surface area contributed by atoms with E-state index in [0.29, 0.717) is 20.9 Å². The second kappa shape index (κ2) is 9.59. The first-order valence-corrected chi connectivity index (χ1v) is 9.97. The molecule has 0 aliphatic carbocycles. The zero-order valence-electron chi connectivity index (χ0n) is 15.1. The average Bonchev–Trinajstić information content (AvgIpc) is 3.07. The first kappa shape index (κ1) is 20.9. The number of pyridine rings is 1. The Morgan fingerprint density at radius 3 is 2.76 bits per heavy atom. The third-order valence-corrected chi connectivity index (χ3v) is 5.13. The molecule has 150 valence electrons. The maximum atomic E-state index is 12.2. The molecule has 1 amide bonds. The summed E-state index contributed by atoms with van der Waals surface area (Å²) in [6.07, 6.45) is 3.35. The molecule has 9 nitrogen and oxygen atoms in total. The van der Waals surface area contributed by atoms with Crippen molar-refractivity contribution in [2.24, 2.45) is 5.10 Å². The van der Waals surface area contributed by atoms with Crippen LogP contribution in [0, 0.1) is 0 Å². The maximum Gasteiger partial charge on any atom is 0.264 e. The number of hydrogen-bond donors (Lipinski definition) is 3. The van der Waals surface area contributed by atoms with Crippen molar-refractivity contribution in [2.75, 3.05) is 22.3 Å². The highest BCUT2D eigenvalue weighted by Crippen LogP contribution is 2.26. The van der Waals surface area contributed by atoms with Crippen molar-refractivity contribution in [3.8, 4) is 0 Å². The van der Waals surface area contributed by atoms with Gasteiger partial charge in [-0.15, -0.1) is 10.2 Å². The highest BCUT2D eigenvalue weighted by atomic mass is 35.5. The molecule has 12 heteroatoms. The lowest BCUT2D eigenvalue weighted by atomic mass is 10.2. The van der Waals surface area contributed by atoms with Gasteiger partial charge in [0.25, 0.3) is 5.95 Å². The Bertz CT molecular complexity index is 1040. The van der Waals surface area contributed by atoms with E-state index < -0.39 is 0 Å². The van der Waals surface area contributed by atoms with E-state index in [9.17, 15) is 4.79 Å². The number of nitrogens with two attached hydrogens (primary N) is 1. The van der Waals surface area contributed by atoms with Crippen molar-refractivity contribution in [2.45, 2.75) is 12.1 Å². The van der Waals surface area contributed by atoms with Gasteiger partial charge in [0.05, 0.1) is 22.2 Å². The van der Waals surface area contributed by atoms with Crippen LogP contribution >= 0.6 is 35.0 Å². The molecule has 0 radical (unpaired) electrons. The van der Waals surface area contributed by atoms with Crippen LogP contribution in [-0.4, -0.2) is 37.2 Å². The van der Waals surface area contributed by atoms with Crippen LogP contribution in [0.3, 0.4) is 0 Å². The monoisotopic (exact) mass is 450 g/mol. The molecule has 0 spiro atoms. The Balaban J connectivity index is 1.58. The number of hydrogen-bond acceptors (Lipinski definition) is 8. The highest BCUT2D eigenvalue weighted by molar-refractivity contribution is 7.99. The molecule has 3 rings (SSSR count). The van der Waals surface area contributed by atoms with Crippen molar-refractivity contribution in [1.29, 1.82) is 0 Å². The van der Waals surface area contributed by atoms with E-state index in [0.717, 1.165) is 23.0 Å². The number of carbonyl (C=O) groups excluding carboxylic acids is 1. The van der Waals surface area contributed by atoms with Crippen LogP contribution in [0.25, 0.3) is 0 Å². The summed E-state index contributed by atoms with van der Waals surface area (Å²) in [6.45, 7) is 1.83. The molecular formula is C17H16Cl2N8OS. The van der Waals surface area contributed by atoms with Crippen LogP contribution in [-0.2, 0) is 4.79 Å². The minimum Gasteiger partial charge on any atom is -0.334 e. The van der Waals surface area contributed by atoms with E-state index in [-0.39, 0.29) is 17.6 Å². The number of nitrogen functional groups attached to an aromatic ring is 1. The van der Waals surface area contributed by atoms with E-state index in [1.54, 1.807) is 30.6 Å². The molecule has 0 saturated heterocycles. The van der Waals surface area contributed by atoms with Gasteiger partial charge in [0, 0.05) is 23.0 Å². The zero-order valence-corrected chi connectivity index (χ0v) is 17.5. The maximum absolute atomic E-state index is 12.2. The summed E-state index contributed by atoms with van der Waals surface area (Å²) >= 11 is 13.1. The molecule has 0 atom stereocenters. The second-order valence-corrected chi connectivity index (χ2v) is 7.47. The fourth-order valence-corrected chi connectivity index (χ4v) is 3.15. The van der Waals surface area contributed by atoms with Gasteiger partial charge in [-0.1, -0.05) is 35.0 Å². The van der Waals surface area contributed by atoms with Gasteiger partial charge in [-0.2, -0.15) is 5.10 Å². The Morgan fingerprint density at radius 2 is 2.00 bits per heavy atom. The molecule has 2 aromatic heterocycles. The largest absolute Gasteiger partial charge is 0.334 e. The summed E-state index contributed by atoms with van der Waals surface area (Å²) in [5, 5.41) is 16.0. The van der Waals surface area contributed by atoms with Crippen LogP contribution in [0.1, 0.15) is 12.5 Å². The van der Waals surface area contributed by atoms with Gasteiger partial charge in [0.15, 0.2) is 0 Å². The molecule has 4 N–H and O–H groups in total. The Kier molecular flexibility index (Phi) is 6.91. The summed E-state index contributed by atoms with van der Waals surface area (Å²) < 4.78 is 1.22. The number of nitrogens with one attached hydrogen (secondary N) is 2. The molecule has 0 bridgehead atoms. The van der Waals surface area contributed by atoms with Crippen molar-refractivity contribution in [3.63, 3.8) is 0 Å². The van der Waals surface area contributed by atoms with Crippen molar-refractivity contribution in [3.05, 3.63) is 58.3 Å². The number of halogens is 2. The molecule has 0 aliphatic rings. The van der Waals surface area contributed by atoms with Crippen LogP contribution in [0.5, 0.6) is 0 Å². The first-order valence-electron chi connectivity index (χ1n) is 8.23. The van der Waals surface area contributed by atoms with Crippen LogP contribution < -0.4 is 16.6 Å². The fourth-order valence-electron chi connectivity index (χ4n) is 2.15. The number of aromatic nitrogens is 4. The molecule has 0 saturated carbocycles. The number of nitrogens with zero attached hydrogens (tertiary/aromatic N) is 5. The highest BCUT2D eigenvalue weighted by Gasteiger charge is 2.13. The van der Waals surface area contributed by atoms with E-state index in [2.05, 4.69) is 31.0 Å². The van der Waals surface area contributed by atoms with Crippen LogP contribution in [0.15, 0.2) is 53.0 Å². The lowest BCUT2D eigenvalue weighted by molar-refractivity contribution is -0.113. The van der Waals surface area contributed by atoms with Crippen LogP contribution in [0.4, 0.5) is 11.6 Å². The summed E-state index contributed by atoms with van der Waals surface area (Å²) in [6, 6.07) is 8.48. The molecule has 29 heavy (non-hydrogen) atoms. The first-order chi connectivity index (χ1) is 13.9. The third kappa shape index (κ3) is 5.59. The molecule has 2 heterocycles. The number of benzene rings is 1. The van der Waals surface area contributed by atoms with E-state index in [1.165, 1.54) is 4.68 Å². The topological polar surface area (TPSA) is 123 Å². The van der Waals surface area contributed by atoms with Crippen molar-refractivity contribution in [1.82, 2.24) is 19.9 Å². The third-order valence-electron chi connectivity index (χ3n) is 3.62. The van der Waals surface area contributed by atoms with Gasteiger partial charge in [-0.3, -0.25) is 9.78 Å². The van der Waals surface area contributed by atoms with Gasteiger partial charge < -0.3 is 11.2 Å². The second-order valence-electron chi connectivity index (χ2n) is 5.68.